The molecular formula is C36H50N4O8. The molecule has 4 heterocycles. The number of morpholine rings is 1. The minimum atomic E-state index is -0.923. The van der Waals surface area contributed by atoms with Crippen LogP contribution in [0.25, 0.3) is 10.9 Å². The van der Waals surface area contributed by atoms with E-state index in [-0.39, 0.29) is 25.0 Å². The second-order valence-corrected chi connectivity index (χ2v) is 14.5. The van der Waals surface area contributed by atoms with Crippen LogP contribution in [0.5, 0.6) is 11.6 Å². The Morgan fingerprint density at radius 2 is 1.85 bits per heavy atom. The fourth-order valence-electron chi connectivity index (χ4n) is 7.08. The number of hydrogen-bond acceptors (Lipinski definition) is 10. The second kappa shape index (κ2) is 14.9. The number of hydrogen-bond donors (Lipinski definition) is 1. The van der Waals surface area contributed by atoms with Gasteiger partial charge in [0.05, 0.1) is 37.9 Å². The van der Waals surface area contributed by atoms with Crippen LogP contribution in [-0.2, 0) is 30.2 Å². The van der Waals surface area contributed by atoms with Crippen molar-refractivity contribution in [2.75, 3.05) is 53.1 Å². The maximum absolute atomic E-state index is 14.2. The van der Waals surface area contributed by atoms with Crippen LogP contribution >= 0.6 is 0 Å². The number of ether oxygens (including phenoxy) is 5. The molecule has 1 aromatic heterocycles. The van der Waals surface area contributed by atoms with Gasteiger partial charge in [-0.3, -0.25) is 9.69 Å². The molecule has 1 N–H and O–H groups in total. The Bertz CT molecular complexity index is 1470. The number of amides is 2. The van der Waals surface area contributed by atoms with Crippen molar-refractivity contribution in [1.29, 1.82) is 0 Å². The molecule has 262 valence electrons. The average molecular weight is 667 g/mol. The van der Waals surface area contributed by atoms with E-state index < -0.39 is 35.7 Å². The molecule has 1 aliphatic carbocycles. The number of rotatable bonds is 5. The molecule has 5 atom stereocenters. The maximum atomic E-state index is 14.2. The summed E-state index contributed by atoms with van der Waals surface area (Å²) >= 11 is 0. The quantitative estimate of drug-likeness (QED) is 0.466. The Kier molecular flexibility index (Phi) is 10.6. The smallest absolute Gasteiger partial charge is 0.408 e. The van der Waals surface area contributed by atoms with E-state index in [1.165, 1.54) is 12.0 Å². The molecule has 48 heavy (non-hydrogen) atoms. The molecule has 2 saturated heterocycles. The maximum Gasteiger partial charge on any atom is 0.408 e. The Morgan fingerprint density at radius 1 is 1.06 bits per heavy atom. The molecule has 0 unspecified atom stereocenters. The molecule has 1 saturated carbocycles. The van der Waals surface area contributed by atoms with Crippen molar-refractivity contribution in [3.05, 3.63) is 29.8 Å². The first kappa shape index (κ1) is 34.2. The lowest BCUT2D eigenvalue weighted by Crippen LogP contribution is -2.57. The van der Waals surface area contributed by atoms with Crippen LogP contribution in [0.1, 0.15) is 64.9 Å². The van der Waals surface area contributed by atoms with Crippen LogP contribution in [0, 0.1) is 11.3 Å². The molecule has 0 radical (unpaired) electrons. The van der Waals surface area contributed by atoms with Gasteiger partial charge in [-0.2, -0.15) is 0 Å². The lowest BCUT2D eigenvalue weighted by Gasteiger charge is -2.34. The third-order valence-corrected chi connectivity index (χ3v) is 9.95. The first-order valence-electron chi connectivity index (χ1n) is 17.5. The van der Waals surface area contributed by atoms with Crippen molar-refractivity contribution in [1.82, 2.24) is 20.1 Å². The van der Waals surface area contributed by atoms with Gasteiger partial charge in [0, 0.05) is 31.4 Å². The average Bonchev–Trinajstić information content (AvgIpc) is 3.66. The van der Waals surface area contributed by atoms with Crippen LogP contribution in [-0.4, -0.2) is 110 Å². The zero-order valence-corrected chi connectivity index (χ0v) is 28.7. The number of methoxy groups -OCH3 is 1. The summed E-state index contributed by atoms with van der Waals surface area (Å²) in [6.07, 6.45) is 4.35. The molecular weight excluding hydrogens is 616 g/mol. The normalized spacial score (nSPS) is 27.4. The number of nitrogens with one attached hydrogen (secondary N) is 1. The Morgan fingerprint density at radius 3 is 2.62 bits per heavy atom. The number of pyridine rings is 1. The zero-order valence-electron chi connectivity index (χ0n) is 28.7. The van der Waals surface area contributed by atoms with Gasteiger partial charge in [-0.05, 0) is 49.1 Å². The molecule has 3 fully saturated rings. The van der Waals surface area contributed by atoms with Crippen LogP contribution < -0.4 is 14.8 Å². The number of nitrogens with zero attached hydrogens (tertiary/aromatic N) is 3. The van der Waals surface area contributed by atoms with Gasteiger partial charge in [-0.15, -0.1) is 0 Å². The first-order chi connectivity index (χ1) is 23.1. The van der Waals surface area contributed by atoms with Gasteiger partial charge in [-0.1, -0.05) is 45.7 Å². The molecule has 0 spiro atoms. The van der Waals surface area contributed by atoms with Gasteiger partial charge in [0.2, 0.25) is 11.8 Å². The zero-order chi connectivity index (χ0) is 33.8. The number of fused-ring (bicyclic) bond motifs is 5. The number of para-hydroxylation sites is 1. The SMILES string of the molecule is COC(=O)[C@@H]1C[C@@H]2CN1C(=O)[C@H](C(C)(C)C)NC(=O)O[C@@H]1C[C@H]1CCCCCc1c(nc3ccccc3c1OCCN1CCOCC1)O2. The number of aromatic nitrogens is 1. The Balaban J connectivity index is 1.33. The summed E-state index contributed by atoms with van der Waals surface area (Å²) in [7, 11) is 1.31. The number of benzene rings is 1. The monoisotopic (exact) mass is 666 g/mol. The van der Waals surface area contributed by atoms with Crippen molar-refractivity contribution >= 4 is 28.9 Å². The number of alkyl carbamates (subject to hydrolysis) is 1. The predicted octanol–water partition coefficient (Wildman–Crippen LogP) is 4.11. The fraction of sp³-hybridized carbons (Fsp3) is 0.667. The Hall–Kier alpha value is -3.64. The molecule has 2 bridgehead atoms. The minimum Gasteiger partial charge on any atom is -0.491 e. The third kappa shape index (κ3) is 7.97. The van der Waals surface area contributed by atoms with E-state index in [1.807, 2.05) is 45.0 Å². The van der Waals surface area contributed by atoms with E-state index >= 15 is 0 Å². The van der Waals surface area contributed by atoms with Crippen LogP contribution in [0.3, 0.4) is 0 Å². The van der Waals surface area contributed by atoms with Gasteiger partial charge in [0.1, 0.15) is 36.6 Å². The fourth-order valence-corrected chi connectivity index (χ4v) is 7.08. The van der Waals surface area contributed by atoms with Gasteiger partial charge >= 0.3 is 12.1 Å². The molecule has 3 aliphatic heterocycles. The number of carbonyl (C=O) groups is 3. The summed E-state index contributed by atoms with van der Waals surface area (Å²) in [6.45, 7) is 10.3. The van der Waals surface area contributed by atoms with Gasteiger partial charge in [0.25, 0.3) is 0 Å². The van der Waals surface area contributed by atoms with E-state index in [0.717, 1.165) is 87.2 Å². The van der Waals surface area contributed by atoms with Crippen molar-refractivity contribution in [3.8, 4) is 11.6 Å². The largest absolute Gasteiger partial charge is 0.491 e. The van der Waals surface area contributed by atoms with E-state index in [1.54, 1.807) is 0 Å². The first-order valence-corrected chi connectivity index (χ1v) is 17.5. The standard InChI is InChI=1S/C36H50N4O8/c1-36(2,3)31-33(41)40-22-24(21-28(40)34(42)44-4)47-32-26(12-7-5-6-10-23-20-29(23)48-35(43)38-31)30(25-11-8-9-13-27(25)37-32)46-19-16-39-14-17-45-18-15-39/h8-9,11,13,23-24,28-29,31H,5-7,10,12,14-22H2,1-4H3,(H,38,43)/t23-,24-,28+,29-,31-/m1/s1. The van der Waals surface area contributed by atoms with E-state index in [4.69, 9.17) is 28.7 Å². The summed E-state index contributed by atoms with van der Waals surface area (Å²) < 4.78 is 29.7. The highest BCUT2D eigenvalue weighted by Crippen LogP contribution is 2.40. The van der Waals surface area contributed by atoms with Gasteiger partial charge in [0.15, 0.2) is 0 Å². The molecule has 12 nitrogen and oxygen atoms in total. The molecule has 1 aromatic carbocycles. The summed E-state index contributed by atoms with van der Waals surface area (Å²) in [5, 5.41) is 3.76. The topological polar surface area (TPSA) is 129 Å². The molecule has 2 aromatic rings. The van der Waals surface area contributed by atoms with Crippen LogP contribution in [0.15, 0.2) is 24.3 Å². The van der Waals surface area contributed by atoms with E-state index in [0.29, 0.717) is 24.8 Å². The summed E-state index contributed by atoms with van der Waals surface area (Å²) in [5.41, 5.74) is 1.01. The summed E-state index contributed by atoms with van der Waals surface area (Å²) in [4.78, 5) is 49.1. The van der Waals surface area contributed by atoms with Crippen molar-refractivity contribution < 1.29 is 38.1 Å². The molecule has 2 amide bonds. The van der Waals surface area contributed by atoms with E-state index in [9.17, 15) is 14.4 Å². The third-order valence-electron chi connectivity index (χ3n) is 9.95. The predicted molar refractivity (Wildman–Crippen MR) is 178 cm³/mol. The van der Waals surface area contributed by atoms with Crippen molar-refractivity contribution in [3.63, 3.8) is 0 Å². The van der Waals surface area contributed by atoms with Crippen molar-refractivity contribution in [2.24, 2.45) is 11.3 Å². The lowest BCUT2D eigenvalue weighted by atomic mass is 9.85. The van der Waals surface area contributed by atoms with Crippen LogP contribution in [0.2, 0.25) is 0 Å². The lowest BCUT2D eigenvalue weighted by molar-refractivity contribution is -0.152. The van der Waals surface area contributed by atoms with Gasteiger partial charge < -0.3 is 33.9 Å². The highest BCUT2D eigenvalue weighted by atomic mass is 16.6. The van der Waals surface area contributed by atoms with E-state index in [2.05, 4.69) is 10.2 Å². The highest BCUT2D eigenvalue weighted by Gasteiger charge is 2.47. The number of carbonyl (C=O) groups excluding carboxylic acids is 3. The summed E-state index contributed by atoms with van der Waals surface area (Å²) in [5.74, 6) is 0.653. The van der Waals surface area contributed by atoms with Gasteiger partial charge in [-0.25, -0.2) is 14.6 Å². The van der Waals surface area contributed by atoms with Crippen molar-refractivity contribution in [2.45, 2.75) is 90.0 Å². The molecule has 6 rings (SSSR count). The molecule has 12 heteroatoms. The molecule has 4 aliphatic rings. The highest BCUT2D eigenvalue weighted by molar-refractivity contribution is 5.91. The number of esters is 1. The van der Waals surface area contributed by atoms with Crippen LogP contribution in [0.4, 0.5) is 4.79 Å². The Labute approximate surface area is 282 Å². The summed E-state index contributed by atoms with van der Waals surface area (Å²) in [6, 6.07) is 6.12. The second-order valence-electron chi connectivity index (χ2n) is 14.5. The minimum absolute atomic E-state index is 0.133.